The average Bonchev–Trinajstić information content (AvgIpc) is 2.64. The predicted molar refractivity (Wildman–Crippen MR) is 118 cm³/mol. The molecule has 0 aromatic heterocycles. The molecule has 3 nitrogen and oxygen atoms in total. The fraction of sp³-hybridized carbons (Fsp3) is 0.273. The lowest BCUT2D eigenvalue weighted by Crippen LogP contribution is -2.36. The van der Waals surface area contributed by atoms with Gasteiger partial charge >= 0.3 is 0 Å². The normalized spacial score (nSPS) is 14.1. The molecule has 0 saturated heterocycles. The van der Waals surface area contributed by atoms with Crippen LogP contribution < -0.4 is 10.0 Å². The summed E-state index contributed by atoms with van der Waals surface area (Å²) in [6.07, 6.45) is 0. The van der Waals surface area contributed by atoms with Crippen molar-refractivity contribution in [1.29, 1.82) is 0 Å². The molecule has 0 spiro atoms. The molecule has 0 aliphatic heterocycles. The third kappa shape index (κ3) is 4.34. The van der Waals surface area contributed by atoms with Gasteiger partial charge in [-0.15, -0.1) is 0 Å². The molecule has 0 amide bonds. The Hall–Kier alpha value is -1.88. The molecule has 0 fully saturated rings. The van der Waals surface area contributed by atoms with Crippen molar-refractivity contribution in [2.75, 3.05) is 12.4 Å². The zero-order valence-electron chi connectivity index (χ0n) is 16.0. The Morgan fingerprint density at radius 1 is 0.963 bits per heavy atom. The van der Waals surface area contributed by atoms with E-state index < -0.39 is 11.0 Å². The van der Waals surface area contributed by atoms with E-state index in [2.05, 4.69) is 34.3 Å². The molecule has 3 rings (SSSR count). The number of halogens is 1. The SMILES string of the molecule is CNc1ccc(Cl)cc1[C@H](N[S@](=O)C(C)(C)C)c1cccc2ccccc12. The molecule has 0 unspecified atom stereocenters. The highest BCUT2D eigenvalue weighted by Gasteiger charge is 2.27. The maximum atomic E-state index is 13.0. The smallest absolute Gasteiger partial charge is 0.0979 e. The maximum Gasteiger partial charge on any atom is 0.0979 e. The summed E-state index contributed by atoms with van der Waals surface area (Å²) in [4.78, 5) is 0. The van der Waals surface area contributed by atoms with Gasteiger partial charge in [0, 0.05) is 17.8 Å². The second kappa shape index (κ2) is 8.01. The third-order valence-corrected chi connectivity index (χ3v) is 6.31. The summed E-state index contributed by atoms with van der Waals surface area (Å²) in [5.41, 5.74) is 3.00. The second-order valence-electron chi connectivity index (χ2n) is 7.48. The fourth-order valence-electron chi connectivity index (χ4n) is 3.08. The summed E-state index contributed by atoms with van der Waals surface area (Å²) in [6, 6.07) is 19.9. The minimum atomic E-state index is -1.25. The minimum Gasteiger partial charge on any atom is -0.388 e. The molecule has 0 saturated carbocycles. The van der Waals surface area contributed by atoms with E-state index in [4.69, 9.17) is 11.6 Å². The van der Waals surface area contributed by atoms with E-state index >= 15 is 0 Å². The number of nitrogens with one attached hydrogen (secondary N) is 2. The summed E-state index contributed by atoms with van der Waals surface area (Å²) >= 11 is 6.32. The first-order chi connectivity index (χ1) is 12.8. The van der Waals surface area contributed by atoms with Crippen LogP contribution in [0.15, 0.2) is 60.7 Å². The van der Waals surface area contributed by atoms with Crippen LogP contribution in [0.25, 0.3) is 10.8 Å². The first kappa shape index (κ1) is 19.9. The maximum absolute atomic E-state index is 13.0. The van der Waals surface area contributed by atoms with Gasteiger partial charge in [-0.2, -0.15) is 0 Å². The Morgan fingerprint density at radius 2 is 1.67 bits per heavy atom. The fourth-order valence-corrected chi connectivity index (χ4v) is 4.08. The lowest BCUT2D eigenvalue weighted by atomic mass is 9.93. The van der Waals surface area contributed by atoms with Crippen molar-refractivity contribution < 1.29 is 4.21 Å². The van der Waals surface area contributed by atoms with E-state index in [0.717, 1.165) is 27.6 Å². The first-order valence-corrected chi connectivity index (χ1v) is 10.5. The minimum absolute atomic E-state index is 0.266. The van der Waals surface area contributed by atoms with Gasteiger partial charge in [0.25, 0.3) is 0 Å². The highest BCUT2D eigenvalue weighted by molar-refractivity contribution is 7.84. The lowest BCUT2D eigenvalue weighted by molar-refractivity contribution is 0.624. The van der Waals surface area contributed by atoms with Gasteiger partial charge in [-0.1, -0.05) is 54.1 Å². The Balaban J connectivity index is 2.22. The average molecular weight is 401 g/mol. The summed E-state index contributed by atoms with van der Waals surface area (Å²) < 4.78 is 16.0. The molecule has 2 N–H and O–H groups in total. The van der Waals surface area contributed by atoms with Crippen molar-refractivity contribution in [3.8, 4) is 0 Å². The van der Waals surface area contributed by atoms with E-state index in [1.54, 1.807) is 0 Å². The number of rotatable bonds is 5. The molecule has 142 valence electrons. The molecular weight excluding hydrogens is 376 g/mol. The molecule has 0 aliphatic carbocycles. The third-order valence-electron chi connectivity index (χ3n) is 4.51. The first-order valence-electron chi connectivity index (χ1n) is 8.94. The number of hydrogen-bond donors (Lipinski definition) is 2. The standard InChI is InChI=1S/C22H25ClN2OS/c1-22(2,3)27(26)25-21(19-14-16(23)12-13-20(19)24-4)18-11-7-9-15-8-5-6-10-17(15)18/h5-14,21,24-25H,1-4H3/t21-,27-/m1/s1. The van der Waals surface area contributed by atoms with Crippen LogP contribution in [0.4, 0.5) is 5.69 Å². The molecular formula is C22H25ClN2OS. The highest BCUT2D eigenvalue weighted by atomic mass is 35.5. The Bertz CT molecular complexity index is 976. The Morgan fingerprint density at radius 3 is 2.37 bits per heavy atom. The van der Waals surface area contributed by atoms with Gasteiger partial charge in [0.2, 0.25) is 0 Å². The molecule has 3 aromatic rings. The van der Waals surface area contributed by atoms with Crippen molar-refractivity contribution in [3.63, 3.8) is 0 Å². The van der Waals surface area contributed by atoms with Crippen LogP contribution in [-0.2, 0) is 11.0 Å². The zero-order valence-corrected chi connectivity index (χ0v) is 17.6. The van der Waals surface area contributed by atoms with Crippen molar-refractivity contribution in [1.82, 2.24) is 4.72 Å². The number of benzene rings is 3. The monoisotopic (exact) mass is 400 g/mol. The van der Waals surface area contributed by atoms with Gasteiger partial charge in [-0.3, -0.25) is 0 Å². The van der Waals surface area contributed by atoms with Crippen LogP contribution >= 0.6 is 11.6 Å². The van der Waals surface area contributed by atoms with E-state index in [-0.39, 0.29) is 10.8 Å². The van der Waals surface area contributed by atoms with E-state index in [1.165, 1.54) is 0 Å². The summed E-state index contributed by atoms with van der Waals surface area (Å²) in [7, 11) is 0.634. The summed E-state index contributed by atoms with van der Waals surface area (Å²) in [5.74, 6) is 0. The highest BCUT2D eigenvalue weighted by Crippen LogP contribution is 2.35. The van der Waals surface area contributed by atoms with E-state index in [1.807, 2.05) is 64.2 Å². The Kier molecular flexibility index (Phi) is 5.89. The van der Waals surface area contributed by atoms with Crippen molar-refractivity contribution in [3.05, 3.63) is 76.8 Å². The molecule has 27 heavy (non-hydrogen) atoms. The molecule has 0 aliphatic rings. The summed E-state index contributed by atoms with van der Waals surface area (Å²) in [6.45, 7) is 5.90. The molecule has 5 heteroatoms. The van der Waals surface area contributed by atoms with Crippen LogP contribution in [0.5, 0.6) is 0 Å². The molecule has 2 atom stereocenters. The van der Waals surface area contributed by atoms with Crippen molar-refractivity contribution in [2.45, 2.75) is 31.6 Å². The van der Waals surface area contributed by atoms with Crippen molar-refractivity contribution >= 4 is 39.0 Å². The lowest BCUT2D eigenvalue weighted by Gasteiger charge is -2.27. The second-order valence-corrected chi connectivity index (χ2v) is 9.92. The van der Waals surface area contributed by atoms with Gasteiger partial charge in [-0.05, 0) is 60.9 Å². The molecule has 0 radical (unpaired) electrons. The number of fused-ring (bicyclic) bond motifs is 1. The number of anilines is 1. The Labute approximate surface area is 168 Å². The van der Waals surface area contributed by atoms with Crippen LogP contribution in [0, 0.1) is 0 Å². The zero-order chi connectivity index (χ0) is 19.6. The van der Waals surface area contributed by atoms with Gasteiger partial charge in [0.15, 0.2) is 0 Å². The molecule has 0 heterocycles. The van der Waals surface area contributed by atoms with Crippen LogP contribution in [0.2, 0.25) is 5.02 Å². The van der Waals surface area contributed by atoms with Gasteiger partial charge in [-0.25, -0.2) is 8.93 Å². The number of hydrogen-bond acceptors (Lipinski definition) is 2. The van der Waals surface area contributed by atoms with Gasteiger partial charge < -0.3 is 5.32 Å². The van der Waals surface area contributed by atoms with Gasteiger partial charge in [0.1, 0.15) is 0 Å². The van der Waals surface area contributed by atoms with Crippen LogP contribution in [0.3, 0.4) is 0 Å². The molecule has 0 bridgehead atoms. The van der Waals surface area contributed by atoms with E-state index in [9.17, 15) is 4.21 Å². The predicted octanol–water partition coefficient (Wildman–Crippen LogP) is 5.68. The summed E-state index contributed by atoms with van der Waals surface area (Å²) in [5, 5.41) is 6.17. The van der Waals surface area contributed by atoms with E-state index in [0.29, 0.717) is 5.02 Å². The molecule has 3 aromatic carbocycles. The van der Waals surface area contributed by atoms with Crippen LogP contribution in [-0.4, -0.2) is 16.0 Å². The van der Waals surface area contributed by atoms with Crippen LogP contribution in [0.1, 0.15) is 37.9 Å². The quantitative estimate of drug-likeness (QED) is 0.578. The van der Waals surface area contributed by atoms with Gasteiger partial charge in [0.05, 0.1) is 21.8 Å². The largest absolute Gasteiger partial charge is 0.388 e. The van der Waals surface area contributed by atoms with Crippen molar-refractivity contribution in [2.24, 2.45) is 0 Å². The topological polar surface area (TPSA) is 41.1 Å².